The van der Waals surface area contributed by atoms with Crippen LogP contribution in [0.2, 0.25) is 0 Å². The molecule has 7 atom stereocenters. The normalized spacial score (nSPS) is 21.5. The number of phenols is 1. The van der Waals surface area contributed by atoms with Crippen molar-refractivity contribution in [1.29, 1.82) is 5.41 Å². The molecule has 1 aliphatic heterocycles. The molecular weight excluding hydrogens is 1060 g/mol. The molecule has 8 amide bonds. The summed E-state index contributed by atoms with van der Waals surface area (Å²) in [5, 5.41) is 42.6. The lowest BCUT2D eigenvalue weighted by Gasteiger charge is -2.28. The Hall–Kier alpha value is -8.48. The molecule has 19 N–H and O–H groups in total. The number of guanidine groups is 1. The summed E-state index contributed by atoms with van der Waals surface area (Å²) in [6.45, 7) is -0.00707. The van der Waals surface area contributed by atoms with E-state index in [1.807, 2.05) is 42.5 Å². The Morgan fingerprint density at radius 3 is 1.90 bits per heavy atom. The van der Waals surface area contributed by atoms with Crippen molar-refractivity contribution in [3.05, 3.63) is 119 Å². The van der Waals surface area contributed by atoms with E-state index >= 15 is 0 Å². The molecular formula is C59H82N14O10. The molecule has 0 radical (unpaired) electrons. The zero-order valence-corrected chi connectivity index (χ0v) is 46.9. The van der Waals surface area contributed by atoms with Gasteiger partial charge in [-0.3, -0.25) is 48.6 Å². The van der Waals surface area contributed by atoms with E-state index in [9.17, 15) is 48.3 Å². The number of nitrogens with one attached hydrogen (secondary N) is 10. The Balaban J connectivity index is 1.55. The molecule has 448 valence electrons. The summed E-state index contributed by atoms with van der Waals surface area (Å²) in [6.07, 6.45) is 9.91. The molecule has 2 aliphatic rings. The number of aromatic hydroxyl groups is 1. The number of nitrogens with two attached hydrogens (primary N) is 4. The average molecular weight is 1150 g/mol. The first-order chi connectivity index (χ1) is 39.9. The third kappa shape index (κ3) is 23.1. The lowest BCUT2D eigenvalue weighted by Crippen LogP contribution is -2.60. The summed E-state index contributed by atoms with van der Waals surface area (Å²) in [6, 6.07) is 11.9. The number of fused-ring (bicyclic) bond motifs is 1. The minimum Gasteiger partial charge on any atom is -0.508 e. The van der Waals surface area contributed by atoms with Gasteiger partial charge in [0.15, 0.2) is 11.7 Å². The summed E-state index contributed by atoms with van der Waals surface area (Å²) < 4.78 is 0. The maximum absolute atomic E-state index is 14.7. The quantitative estimate of drug-likeness (QED) is 0.0356. The molecule has 0 fully saturated rings. The van der Waals surface area contributed by atoms with Gasteiger partial charge in [0.2, 0.25) is 47.3 Å². The molecule has 0 saturated carbocycles. The highest BCUT2D eigenvalue weighted by molar-refractivity contribution is 5.98. The number of benzene rings is 3. The number of amides is 8. The minimum absolute atomic E-state index is 0.0251. The summed E-state index contributed by atoms with van der Waals surface area (Å²) in [4.78, 5) is 126. The number of hydrogen-bond donors (Lipinski definition) is 15. The van der Waals surface area contributed by atoms with Crippen molar-refractivity contribution < 1.29 is 48.3 Å². The summed E-state index contributed by atoms with van der Waals surface area (Å²) in [7, 11) is 0. The number of phenolic OH excluding ortho intramolecular Hbond substituents is 1. The molecule has 83 heavy (non-hydrogen) atoms. The van der Waals surface area contributed by atoms with Crippen molar-refractivity contribution in [1.82, 2.24) is 47.9 Å². The standard InChI is InChI=1S/C59H82N14O10/c60-28-8-6-17-44(52(62)77)69-56(81)47-27-26-42(74)16-10-30-65-48(33-37-12-2-1-3-13-37)57(82)73-50(34-38-21-24-43(75)25-22-38)58(83)71-45(18-7-9-29-61)54(79)70-46(19-11-31-66-59(63)64)55(80)72-49(53(78)67-36-51(76)68-47)35-39-20-23-40-14-4-5-15-41(40)32-39/h1-4,10,12-14,16,20-25,32,44-50,65,75H,5-9,11,15,17-19,26-31,33-36,60-61H2,(H2,62,77)(H,67,78)(H,68,76)(H,69,81)(H,70,79)(H,71,83)(H,72,80)(H,73,82)(H4,63,64,66)/b16-10+/t44-,45-,46+,47+,48-,49-,50-/m0/s1. The van der Waals surface area contributed by atoms with Crippen molar-refractivity contribution in [2.45, 2.75) is 139 Å². The van der Waals surface area contributed by atoms with Crippen LogP contribution in [0.1, 0.15) is 98.4 Å². The first kappa shape index (κ1) is 65.3. The van der Waals surface area contributed by atoms with Crippen LogP contribution in [-0.4, -0.2) is 139 Å². The molecule has 1 aliphatic carbocycles. The van der Waals surface area contributed by atoms with Gasteiger partial charge in [0.1, 0.15) is 42.0 Å². The second kappa shape index (κ2) is 34.7. The lowest BCUT2D eigenvalue weighted by atomic mass is 9.93. The van der Waals surface area contributed by atoms with Crippen LogP contribution in [0.5, 0.6) is 5.75 Å². The van der Waals surface area contributed by atoms with Gasteiger partial charge in [-0.15, -0.1) is 0 Å². The molecule has 1 heterocycles. The van der Waals surface area contributed by atoms with Gasteiger partial charge in [-0.05, 0) is 136 Å². The molecule has 0 unspecified atom stereocenters. The van der Waals surface area contributed by atoms with Crippen LogP contribution in [0, 0.1) is 5.41 Å². The van der Waals surface area contributed by atoms with Crippen molar-refractivity contribution in [3.8, 4) is 5.75 Å². The highest BCUT2D eigenvalue weighted by Crippen LogP contribution is 2.22. The first-order valence-corrected chi connectivity index (χ1v) is 28.3. The smallest absolute Gasteiger partial charge is 0.243 e. The van der Waals surface area contributed by atoms with Crippen LogP contribution < -0.4 is 70.8 Å². The largest absolute Gasteiger partial charge is 0.508 e. The van der Waals surface area contributed by atoms with Gasteiger partial charge in [0, 0.05) is 32.4 Å². The lowest BCUT2D eigenvalue weighted by molar-refractivity contribution is -0.135. The highest BCUT2D eigenvalue weighted by atomic mass is 16.3. The first-order valence-electron chi connectivity index (χ1n) is 28.3. The minimum atomic E-state index is -1.41. The predicted octanol–water partition coefficient (Wildman–Crippen LogP) is -0.712. The molecule has 0 saturated heterocycles. The van der Waals surface area contributed by atoms with E-state index in [2.05, 4.69) is 53.9 Å². The fourth-order valence-corrected chi connectivity index (χ4v) is 9.52. The molecule has 3 aromatic rings. The summed E-state index contributed by atoms with van der Waals surface area (Å²) >= 11 is 0. The van der Waals surface area contributed by atoms with Crippen LogP contribution in [0.4, 0.5) is 0 Å². The van der Waals surface area contributed by atoms with Crippen molar-refractivity contribution in [3.63, 3.8) is 0 Å². The molecule has 3 aromatic carbocycles. The molecule has 24 nitrogen and oxygen atoms in total. The van der Waals surface area contributed by atoms with E-state index in [1.165, 1.54) is 24.3 Å². The Bertz CT molecular complexity index is 2760. The number of hydrogen-bond acceptors (Lipinski definition) is 14. The summed E-state index contributed by atoms with van der Waals surface area (Å²) in [5.74, 6) is -7.06. The van der Waals surface area contributed by atoms with Gasteiger partial charge < -0.3 is 75.9 Å². The summed E-state index contributed by atoms with van der Waals surface area (Å²) in [5.41, 5.74) is 26.7. The predicted molar refractivity (Wildman–Crippen MR) is 313 cm³/mol. The number of carbonyl (C=O) groups is 9. The van der Waals surface area contributed by atoms with Crippen LogP contribution in [0.15, 0.2) is 91.0 Å². The van der Waals surface area contributed by atoms with E-state index in [1.54, 1.807) is 24.3 Å². The zero-order valence-electron chi connectivity index (χ0n) is 46.9. The zero-order chi connectivity index (χ0) is 60.1. The number of rotatable bonds is 21. The second-order valence-electron chi connectivity index (χ2n) is 20.7. The molecule has 5 rings (SSSR count). The van der Waals surface area contributed by atoms with Crippen LogP contribution >= 0.6 is 0 Å². The van der Waals surface area contributed by atoms with Gasteiger partial charge in [-0.25, -0.2) is 0 Å². The number of primary amides is 1. The van der Waals surface area contributed by atoms with Crippen molar-refractivity contribution >= 4 is 65.1 Å². The Morgan fingerprint density at radius 1 is 0.639 bits per heavy atom. The van der Waals surface area contributed by atoms with Crippen molar-refractivity contribution in [2.75, 3.05) is 32.7 Å². The highest BCUT2D eigenvalue weighted by Gasteiger charge is 2.34. The van der Waals surface area contributed by atoms with Gasteiger partial charge in [0.05, 0.1) is 12.6 Å². The van der Waals surface area contributed by atoms with Gasteiger partial charge in [-0.2, -0.15) is 0 Å². The topological polar surface area (TPSA) is 410 Å². The Morgan fingerprint density at radius 2 is 1.23 bits per heavy atom. The van der Waals surface area contributed by atoms with Crippen LogP contribution in [0.3, 0.4) is 0 Å². The fraction of sp³-hybridized carbons (Fsp3) is 0.458. The van der Waals surface area contributed by atoms with E-state index in [0.717, 1.165) is 29.5 Å². The fourth-order valence-electron chi connectivity index (χ4n) is 9.52. The maximum Gasteiger partial charge on any atom is 0.243 e. The maximum atomic E-state index is 14.7. The van der Waals surface area contributed by atoms with E-state index in [4.69, 9.17) is 28.3 Å². The molecule has 0 spiro atoms. The monoisotopic (exact) mass is 1150 g/mol. The van der Waals surface area contributed by atoms with E-state index in [0.29, 0.717) is 43.4 Å². The molecule has 24 heteroatoms. The van der Waals surface area contributed by atoms with Crippen LogP contribution in [0.25, 0.3) is 6.08 Å². The van der Waals surface area contributed by atoms with E-state index < -0.39 is 102 Å². The van der Waals surface area contributed by atoms with Crippen LogP contribution in [-0.2, 0) is 68.8 Å². The SMILES string of the molecule is N=C(N)NCCC[C@H]1NC(=O)[C@H](CCCCN)NC(=O)[C@H](Cc2ccc(O)cc2)NC(=O)[C@H](Cc2ccccc2)NC/C=C/C(=O)CC[C@H](C(=O)N[C@@H](CCCCN)C(N)=O)NC(=O)CNC(=O)[C@H](Cc2ccc3c(c2)CCC=C3)NC1=O. The number of allylic oxidation sites excluding steroid dienone is 2. The van der Waals surface area contributed by atoms with Gasteiger partial charge >= 0.3 is 0 Å². The van der Waals surface area contributed by atoms with Crippen molar-refractivity contribution in [2.24, 2.45) is 22.9 Å². The van der Waals surface area contributed by atoms with E-state index in [-0.39, 0.29) is 89.1 Å². The molecule has 0 aromatic heterocycles. The third-order valence-corrected chi connectivity index (χ3v) is 14.1. The van der Waals surface area contributed by atoms with Gasteiger partial charge in [-0.1, -0.05) is 78.9 Å². The third-order valence-electron chi connectivity index (χ3n) is 14.1. The number of unbranched alkanes of at least 4 members (excludes halogenated alkanes) is 2. The number of ketones is 1. The molecule has 0 bridgehead atoms. The van der Waals surface area contributed by atoms with Gasteiger partial charge in [0.25, 0.3) is 0 Å². The Labute approximate surface area is 483 Å². The Kier molecular flexibility index (Phi) is 27.3. The number of aryl methyl sites for hydroxylation is 1. The number of carbonyl (C=O) groups excluding carboxylic acids is 9. The second-order valence-corrected chi connectivity index (χ2v) is 20.7. The average Bonchev–Trinajstić information content (AvgIpc) is 3.52.